The number of rotatable bonds is 3. The number of halogens is 4. The molecule has 0 aliphatic heterocycles. The van der Waals surface area contributed by atoms with Crippen LogP contribution < -0.4 is 4.74 Å². The van der Waals surface area contributed by atoms with Gasteiger partial charge in [0.1, 0.15) is 11.5 Å². The first-order chi connectivity index (χ1) is 10.8. The molecule has 4 nitrogen and oxygen atoms in total. The average molecular weight is 341 g/mol. The summed E-state index contributed by atoms with van der Waals surface area (Å²) in [7, 11) is 0. The summed E-state index contributed by atoms with van der Waals surface area (Å²) in [6, 6.07) is 8.87. The first-order valence-electron chi connectivity index (χ1n) is 6.11. The van der Waals surface area contributed by atoms with E-state index in [0.717, 1.165) is 24.4 Å². The number of nitriles is 1. The van der Waals surface area contributed by atoms with Crippen molar-refractivity contribution in [2.75, 3.05) is 0 Å². The molecule has 0 spiro atoms. The number of hydrogen-bond acceptors (Lipinski definition) is 4. The molecule has 0 aliphatic carbocycles. The number of alkyl halides is 3. The number of hydrogen-bond donors (Lipinski definition) is 1. The minimum Gasteiger partial charge on any atom is -0.456 e. The van der Waals surface area contributed by atoms with Crippen molar-refractivity contribution in [3.8, 4) is 17.6 Å². The van der Waals surface area contributed by atoms with Crippen molar-refractivity contribution >= 4 is 17.8 Å². The van der Waals surface area contributed by atoms with Crippen LogP contribution in [-0.2, 0) is 6.18 Å². The zero-order chi connectivity index (χ0) is 17.0. The average Bonchev–Trinajstić information content (AvgIpc) is 2.49. The Kier molecular flexibility index (Phi) is 4.77. The number of benzene rings is 2. The van der Waals surface area contributed by atoms with Crippen molar-refractivity contribution in [1.29, 1.82) is 5.26 Å². The lowest BCUT2D eigenvalue weighted by molar-refractivity contribution is -0.137. The predicted octanol–water partition coefficient (Wildman–Crippen LogP) is 4.83. The Morgan fingerprint density at radius 3 is 2.52 bits per heavy atom. The Morgan fingerprint density at radius 1 is 1.22 bits per heavy atom. The van der Waals surface area contributed by atoms with Crippen LogP contribution in [0.25, 0.3) is 0 Å². The Bertz CT molecular complexity index is 798. The molecule has 2 aromatic rings. The molecular formula is C15H8ClF3N2O2. The second-order valence-corrected chi connectivity index (χ2v) is 4.76. The molecular weight excluding hydrogens is 333 g/mol. The Morgan fingerprint density at radius 2 is 1.96 bits per heavy atom. The number of ether oxygens (including phenoxy) is 1. The van der Waals surface area contributed by atoms with E-state index in [4.69, 9.17) is 26.8 Å². The molecule has 1 N–H and O–H groups in total. The molecule has 2 aromatic carbocycles. The highest BCUT2D eigenvalue weighted by Crippen LogP contribution is 2.36. The molecule has 0 aromatic heterocycles. The van der Waals surface area contributed by atoms with E-state index < -0.39 is 11.7 Å². The summed E-state index contributed by atoms with van der Waals surface area (Å²) in [6.45, 7) is 0. The summed E-state index contributed by atoms with van der Waals surface area (Å²) in [5.41, 5.74) is -0.355. The molecule has 0 aliphatic rings. The molecule has 0 heterocycles. The third-order valence-corrected chi connectivity index (χ3v) is 3.12. The van der Waals surface area contributed by atoms with E-state index in [1.54, 1.807) is 0 Å². The fourth-order valence-electron chi connectivity index (χ4n) is 1.76. The summed E-state index contributed by atoms with van der Waals surface area (Å²) in [4.78, 5) is 0. The van der Waals surface area contributed by atoms with Crippen LogP contribution in [0, 0.1) is 11.3 Å². The van der Waals surface area contributed by atoms with Gasteiger partial charge in [0.05, 0.1) is 28.4 Å². The van der Waals surface area contributed by atoms with Crippen LogP contribution in [0.15, 0.2) is 41.6 Å². The monoisotopic (exact) mass is 340 g/mol. The van der Waals surface area contributed by atoms with E-state index in [9.17, 15) is 13.2 Å². The highest BCUT2D eigenvalue weighted by atomic mass is 35.5. The topological polar surface area (TPSA) is 65.6 Å². The van der Waals surface area contributed by atoms with E-state index in [1.807, 2.05) is 6.07 Å². The summed E-state index contributed by atoms with van der Waals surface area (Å²) >= 11 is 5.80. The van der Waals surface area contributed by atoms with Crippen molar-refractivity contribution in [2.45, 2.75) is 6.18 Å². The van der Waals surface area contributed by atoms with Crippen LogP contribution in [0.2, 0.25) is 5.02 Å². The highest BCUT2D eigenvalue weighted by Gasteiger charge is 2.31. The number of nitrogens with zero attached hydrogens (tertiary/aromatic N) is 2. The molecule has 0 atom stereocenters. The van der Waals surface area contributed by atoms with Gasteiger partial charge in [-0.2, -0.15) is 18.4 Å². The maximum Gasteiger partial charge on any atom is 0.416 e. The lowest BCUT2D eigenvalue weighted by Crippen LogP contribution is -2.04. The van der Waals surface area contributed by atoms with Crippen LogP contribution in [-0.4, -0.2) is 11.4 Å². The third-order valence-electron chi connectivity index (χ3n) is 2.83. The normalized spacial score (nSPS) is 11.4. The van der Waals surface area contributed by atoms with Gasteiger partial charge in [0.2, 0.25) is 0 Å². The van der Waals surface area contributed by atoms with Gasteiger partial charge in [-0.1, -0.05) is 16.8 Å². The fourth-order valence-corrected chi connectivity index (χ4v) is 1.98. The lowest BCUT2D eigenvalue weighted by atomic mass is 10.1. The Labute approximate surface area is 134 Å². The maximum atomic E-state index is 12.6. The molecule has 0 fully saturated rings. The van der Waals surface area contributed by atoms with Crippen molar-refractivity contribution in [2.24, 2.45) is 5.16 Å². The Hall–Kier alpha value is -2.72. The Balaban J connectivity index is 2.33. The largest absolute Gasteiger partial charge is 0.456 e. The van der Waals surface area contributed by atoms with Gasteiger partial charge in [0, 0.05) is 5.56 Å². The minimum absolute atomic E-state index is 0.0243. The standard InChI is InChI=1S/C15H8ClF3N2O2/c16-13-6-11(15(17,18)19)2-4-14(13)23-12-3-1-9(7-20)10(5-12)8-21-22/h1-6,8,22H. The number of oxime groups is 1. The fraction of sp³-hybridized carbons (Fsp3) is 0.0667. The first-order valence-corrected chi connectivity index (χ1v) is 6.49. The van der Waals surface area contributed by atoms with Crippen LogP contribution in [0.1, 0.15) is 16.7 Å². The minimum atomic E-state index is -4.50. The van der Waals surface area contributed by atoms with Crippen molar-refractivity contribution in [3.63, 3.8) is 0 Å². The summed E-state index contributed by atoms with van der Waals surface area (Å²) in [5.74, 6) is 0.247. The van der Waals surface area contributed by atoms with Gasteiger partial charge >= 0.3 is 6.18 Å². The molecule has 0 unspecified atom stereocenters. The van der Waals surface area contributed by atoms with E-state index in [1.165, 1.54) is 18.2 Å². The smallest absolute Gasteiger partial charge is 0.416 e. The van der Waals surface area contributed by atoms with Gasteiger partial charge in [-0.15, -0.1) is 0 Å². The van der Waals surface area contributed by atoms with Crippen LogP contribution in [0.5, 0.6) is 11.5 Å². The second kappa shape index (κ2) is 6.58. The molecule has 0 bridgehead atoms. The van der Waals surface area contributed by atoms with Crippen LogP contribution in [0.4, 0.5) is 13.2 Å². The molecule has 0 saturated carbocycles. The van der Waals surface area contributed by atoms with Crippen LogP contribution >= 0.6 is 11.6 Å². The zero-order valence-corrected chi connectivity index (χ0v) is 12.1. The second-order valence-electron chi connectivity index (χ2n) is 4.35. The van der Waals surface area contributed by atoms with Gasteiger partial charge in [-0.05, 0) is 36.4 Å². The quantitative estimate of drug-likeness (QED) is 0.494. The first kappa shape index (κ1) is 16.6. The highest BCUT2D eigenvalue weighted by molar-refractivity contribution is 6.32. The van der Waals surface area contributed by atoms with Crippen molar-refractivity contribution in [1.82, 2.24) is 0 Å². The predicted molar refractivity (Wildman–Crippen MR) is 77.1 cm³/mol. The van der Waals surface area contributed by atoms with Gasteiger partial charge in [-0.25, -0.2) is 0 Å². The van der Waals surface area contributed by atoms with E-state index in [-0.39, 0.29) is 27.6 Å². The molecule has 118 valence electrons. The summed E-state index contributed by atoms with van der Waals surface area (Å²) < 4.78 is 43.1. The van der Waals surface area contributed by atoms with Gasteiger partial charge in [0.15, 0.2) is 0 Å². The van der Waals surface area contributed by atoms with Crippen molar-refractivity contribution in [3.05, 3.63) is 58.1 Å². The van der Waals surface area contributed by atoms with E-state index in [0.29, 0.717) is 0 Å². The van der Waals surface area contributed by atoms with Crippen molar-refractivity contribution < 1.29 is 23.1 Å². The van der Waals surface area contributed by atoms with E-state index >= 15 is 0 Å². The molecule has 0 amide bonds. The van der Waals surface area contributed by atoms with Crippen LogP contribution in [0.3, 0.4) is 0 Å². The molecule has 0 saturated heterocycles. The van der Waals surface area contributed by atoms with Gasteiger partial charge in [-0.3, -0.25) is 0 Å². The molecule has 23 heavy (non-hydrogen) atoms. The molecule has 8 heteroatoms. The summed E-state index contributed by atoms with van der Waals surface area (Å²) in [5, 5.41) is 20.1. The maximum absolute atomic E-state index is 12.6. The van der Waals surface area contributed by atoms with Gasteiger partial charge < -0.3 is 9.94 Å². The third kappa shape index (κ3) is 3.93. The lowest BCUT2D eigenvalue weighted by Gasteiger charge is -2.11. The van der Waals surface area contributed by atoms with Gasteiger partial charge in [0.25, 0.3) is 0 Å². The summed E-state index contributed by atoms with van der Waals surface area (Å²) in [6.07, 6.45) is -3.46. The van der Waals surface area contributed by atoms with E-state index in [2.05, 4.69) is 5.16 Å². The molecule has 2 rings (SSSR count). The molecule has 0 radical (unpaired) electrons. The zero-order valence-electron chi connectivity index (χ0n) is 11.3. The SMILES string of the molecule is N#Cc1ccc(Oc2ccc(C(F)(F)F)cc2Cl)cc1C=NO.